The van der Waals surface area contributed by atoms with Gasteiger partial charge in [0.25, 0.3) is 10.0 Å². The van der Waals surface area contributed by atoms with Gasteiger partial charge in [0, 0.05) is 0 Å². The molecule has 3 rings (SSSR count). The van der Waals surface area contributed by atoms with Gasteiger partial charge < -0.3 is 0 Å². The molecule has 0 atom stereocenters. The van der Waals surface area contributed by atoms with Crippen LogP contribution in [-0.2, 0) is 16.6 Å². The number of sulfonamides is 1. The Morgan fingerprint density at radius 2 is 1.50 bits per heavy atom. The van der Waals surface area contributed by atoms with Crippen LogP contribution in [0.1, 0.15) is 11.1 Å². The summed E-state index contributed by atoms with van der Waals surface area (Å²) in [6.45, 7) is 1.58. The first-order valence-electron chi connectivity index (χ1n) is 7.96. The maximum atomic E-state index is 13.7. The molecule has 26 heavy (non-hydrogen) atoms. The summed E-state index contributed by atoms with van der Waals surface area (Å²) in [6.07, 6.45) is 0. The van der Waals surface area contributed by atoms with Crippen LogP contribution in [0, 0.1) is 18.6 Å². The average molecular weight is 373 g/mol. The van der Waals surface area contributed by atoms with Crippen LogP contribution >= 0.6 is 0 Å². The highest BCUT2D eigenvalue weighted by Crippen LogP contribution is 2.28. The van der Waals surface area contributed by atoms with Gasteiger partial charge >= 0.3 is 0 Å². The first-order chi connectivity index (χ1) is 12.4. The van der Waals surface area contributed by atoms with Gasteiger partial charge in [-0.05, 0) is 54.4 Å². The van der Waals surface area contributed by atoms with E-state index in [2.05, 4.69) is 0 Å². The van der Waals surface area contributed by atoms with Crippen molar-refractivity contribution in [2.24, 2.45) is 0 Å². The summed E-state index contributed by atoms with van der Waals surface area (Å²) in [6, 6.07) is 17.6. The smallest absolute Gasteiger partial charge is 0.262 e. The van der Waals surface area contributed by atoms with Gasteiger partial charge in [0.05, 0.1) is 17.1 Å². The zero-order valence-electron chi connectivity index (χ0n) is 14.1. The monoisotopic (exact) mass is 373 g/mol. The first kappa shape index (κ1) is 18.1. The number of benzene rings is 3. The molecule has 0 aromatic heterocycles. The minimum absolute atomic E-state index is 0.113. The first-order valence-corrected chi connectivity index (χ1v) is 9.40. The van der Waals surface area contributed by atoms with E-state index in [1.807, 2.05) is 0 Å². The molecule has 0 aliphatic rings. The Hall–Kier alpha value is -2.73. The highest BCUT2D eigenvalue weighted by Gasteiger charge is 2.27. The fraction of sp³-hybridized carbons (Fsp3) is 0.100. The molecule has 0 N–H and O–H groups in total. The fourth-order valence-corrected chi connectivity index (χ4v) is 4.39. The molecule has 0 aliphatic heterocycles. The summed E-state index contributed by atoms with van der Waals surface area (Å²) in [5.41, 5.74) is 1.22. The lowest BCUT2D eigenvalue weighted by Crippen LogP contribution is -2.31. The Balaban J connectivity index is 2.13. The third-order valence-electron chi connectivity index (χ3n) is 3.97. The van der Waals surface area contributed by atoms with Gasteiger partial charge in [-0.2, -0.15) is 0 Å². The lowest BCUT2D eigenvalue weighted by molar-refractivity contribution is 0.588. The summed E-state index contributed by atoms with van der Waals surface area (Å²) in [4.78, 5) is 0.126. The quantitative estimate of drug-likeness (QED) is 0.652. The van der Waals surface area contributed by atoms with Crippen LogP contribution < -0.4 is 4.31 Å². The largest absolute Gasteiger partial charge is 0.264 e. The summed E-state index contributed by atoms with van der Waals surface area (Å²) in [5, 5.41) is 0. The van der Waals surface area contributed by atoms with E-state index >= 15 is 0 Å². The van der Waals surface area contributed by atoms with Gasteiger partial charge in [0.1, 0.15) is 11.6 Å². The van der Waals surface area contributed by atoms with Gasteiger partial charge in [-0.25, -0.2) is 17.2 Å². The standard InChI is InChI=1S/C20H17F2NO2S/c1-15-6-2-3-11-20(15)26(24,25)23(19-10-5-9-18(22)13-19)14-16-7-4-8-17(21)12-16/h2-13H,14H2,1H3. The van der Waals surface area contributed by atoms with E-state index in [1.165, 1.54) is 42.5 Å². The molecule has 3 aromatic rings. The molecule has 0 spiro atoms. The highest BCUT2D eigenvalue weighted by molar-refractivity contribution is 7.92. The van der Waals surface area contributed by atoms with Gasteiger partial charge in [-0.3, -0.25) is 4.31 Å². The Morgan fingerprint density at radius 3 is 2.15 bits per heavy atom. The third-order valence-corrected chi connectivity index (χ3v) is 5.91. The Kier molecular flexibility index (Phi) is 5.04. The van der Waals surface area contributed by atoms with E-state index in [0.717, 1.165) is 10.4 Å². The second-order valence-electron chi connectivity index (χ2n) is 5.89. The summed E-state index contributed by atoms with van der Waals surface area (Å²) < 4.78 is 54.9. The molecule has 0 amide bonds. The van der Waals surface area contributed by atoms with Crippen LogP contribution in [-0.4, -0.2) is 8.42 Å². The second kappa shape index (κ2) is 7.25. The number of halogens is 2. The molecule has 0 fully saturated rings. The minimum Gasteiger partial charge on any atom is -0.262 e. The van der Waals surface area contributed by atoms with Crippen molar-refractivity contribution in [2.75, 3.05) is 4.31 Å². The highest BCUT2D eigenvalue weighted by atomic mass is 32.2. The van der Waals surface area contributed by atoms with E-state index in [9.17, 15) is 17.2 Å². The summed E-state index contributed by atoms with van der Waals surface area (Å²) in [5.74, 6) is -1.01. The molecule has 0 heterocycles. The van der Waals surface area contributed by atoms with Crippen LogP contribution in [0.3, 0.4) is 0 Å². The molecule has 0 unspecified atom stereocenters. The van der Waals surface area contributed by atoms with Crippen LogP contribution in [0.2, 0.25) is 0 Å². The maximum Gasteiger partial charge on any atom is 0.264 e. The van der Waals surface area contributed by atoms with Crippen molar-refractivity contribution in [3.05, 3.63) is 95.6 Å². The van der Waals surface area contributed by atoms with Crippen LogP contribution in [0.25, 0.3) is 0 Å². The SMILES string of the molecule is Cc1ccccc1S(=O)(=O)N(Cc1cccc(F)c1)c1cccc(F)c1. The predicted octanol–water partition coefficient (Wildman–Crippen LogP) is 4.67. The number of anilines is 1. The van der Waals surface area contributed by atoms with Crippen LogP contribution in [0.5, 0.6) is 0 Å². The molecule has 0 bridgehead atoms. The Bertz CT molecular complexity index is 1040. The maximum absolute atomic E-state index is 13.7. The van der Waals surface area contributed by atoms with Crippen molar-refractivity contribution in [3.8, 4) is 0 Å². The van der Waals surface area contributed by atoms with Crippen molar-refractivity contribution in [3.63, 3.8) is 0 Å². The molecule has 0 aliphatic carbocycles. The molecule has 3 aromatic carbocycles. The molecular formula is C20H17F2NO2S. The predicted molar refractivity (Wildman–Crippen MR) is 97.3 cm³/mol. The minimum atomic E-state index is -3.97. The lowest BCUT2D eigenvalue weighted by atomic mass is 10.2. The van der Waals surface area contributed by atoms with Crippen molar-refractivity contribution < 1.29 is 17.2 Å². The molecule has 0 saturated carbocycles. The number of rotatable bonds is 5. The number of aryl methyl sites for hydroxylation is 1. The van der Waals surface area contributed by atoms with Crippen molar-refractivity contribution >= 4 is 15.7 Å². The molecule has 3 nitrogen and oxygen atoms in total. The van der Waals surface area contributed by atoms with E-state index in [0.29, 0.717) is 11.1 Å². The van der Waals surface area contributed by atoms with Crippen LogP contribution in [0.15, 0.2) is 77.7 Å². The van der Waals surface area contributed by atoms with Crippen LogP contribution in [0.4, 0.5) is 14.5 Å². The normalized spacial score (nSPS) is 11.3. The van der Waals surface area contributed by atoms with E-state index in [4.69, 9.17) is 0 Å². The van der Waals surface area contributed by atoms with Gasteiger partial charge in [0.2, 0.25) is 0 Å². The summed E-state index contributed by atoms with van der Waals surface area (Å²) in [7, 11) is -3.97. The Labute approximate surface area is 151 Å². The van der Waals surface area contributed by atoms with Gasteiger partial charge in [-0.1, -0.05) is 36.4 Å². The van der Waals surface area contributed by atoms with E-state index in [-0.39, 0.29) is 17.1 Å². The third kappa shape index (κ3) is 3.75. The molecule has 0 saturated heterocycles. The van der Waals surface area contributed by atoms with Crippen molar-refractivity contribution in [2.45, 2.75) is 18.4 Å². The molecular weight excluding hydrogens is 356 g/mol. The zero-order chi connectivity index (χ0) is 18.7. The molecule has 6 heteroatoms. The van der Waals surface area contributed by atoms with Gasteiger partial charge in [0.15, 0.2) is 0 Å². The van der Waals surface area contributed by atoms with E-state index in [1.54, 1.807) is 31.2 Å². The topological polar surface area (TPSA) is 37.4 Å². The lowest BCUT2D eigenvalue weighted by Gasteiger charge is -2.25. The van der Waals surface area contributed by atoms with Gasteiger partial charge in [-0.15, -0.1) is 0 Å². The van der Waals surface area contributed by atoms with Crippen molar-refractivity contribution in [1.29, 1.82) is 0 Å². The number of nitrogens with zero attached hydrogens (tertiary/aromatic N) is 1. The zero-order valence-corrected chi connectivity index (χ0v) is 14.9. The number of hydrogen-bond acceptors (Lipinski definition) is 2. The second-order valence-corrected chi connectivity index (χ2v) is 7.72. The Morgan fingerprint density at radius 1 is 0.846 bits per heavy atom. The fourth-order valence-electron chi connectivity index (χ4n) is 2.71. The van der Waals surface area contributed by atoms with E-state index < -0.39 is 21.7 Å². The molecule has 134 valence electrons. The number of hydrogen-bond donors (Lipinski definition) is 0. The molecule has 0 radical (unpaired) electrons. The summed E-state index contributed by atoms with van der Waals surface area (Å²) >= 11 is 0. The average Bonchev–Trinajstić information content (AvgIpc) is 2.60. The van der Waals surface area contributed by atoms with Crippen molar-refractivity contribution in [1.82, 2.24) is 0 Å².